The predicted octanol–water partition coefficient (Wildman–Crippen LogP) is 2.08. The van der Waals surface area contributed by atoms with Crippen molar-refractivity contribution >= 4 is 5.78 Å². The van der Waals surface area contributed by atoms with Crippen molar-refractivity contribution in [3.63, 3.8) is 0 Å². The number of hydrogen-bond donors (Lipinski definition) is 1. The molecule has 0 aliphatic carbocycles. The van der Waals surface area contributed by atoms with E-state index in [4.69, 9.17) is 0 Å². The molecule has 0 saturated heterocycles. The van der Waals surface area contributed by atoms with Crippen LogP contribution in [0.2, 0.25) is 0 Å². The van der Waals surface area contributed by atoms with Gasteiger partial charge in [-0.1, -0.05) is 20.8 Å². The number of Topliss-reactive ketones (excluding diaryl/α,β-unsaturated/α-hetero) is 1. The van der Waals surface area contributed by atoms with E-state index < -0.39 is 17.6 Å². The lowest BCUT2D eigenvalue weighted by Gasteiger charge is -2.41. The maximum Gasteiger partial charge on any atom is 0.157 e. The Labute approximate surface area is 99.8 Å². The quantitative estimate of drug-likeness (QED) is 0.805. The molecule has 3 heteroatoms. The van der Waals surface area contributed by atoms with Gasteiger partial charge in [-0.3, -0.25) is 9.69 Å². The second-order valence-electron chi connectivity index (χ2n) is 6.58. The molecular formula is C13H27NO2. The second kappa shape index (κ2) is 4.84. The zero-order chi connectivity index (χ0) is 13.3. The Morgan fingerprint density at radius 1 is 1.12 bits per heavy atom. The summed E-state index contributed by atoms with van der Waals surface area (Å²) in [5.74, 6) is 0.0833. The van der Waals surface area contributed by atoms with E-state index in [1.54, 1.807) is 6.92 Å². The molecule has 0 bridgehead atoms. The van der Waals surface area contributed by atoms with Crippen LogP contribution in [0.5, 0.6) is 0 Å². The Morgan fingerprint density at radius 3 is 1.69 bits per heavy atom. The summed E-state index contributed by atoms with van der Waals surface area (Å²) in [4.78, 5) is 14.2. The first-order valence-electron chi connectivity index (χ1n) is 5.84. The first-order chi connectivity index (χ1) is 6.89. The summed E-state index contributed by atoms with van der Waals surface area (Å²) >= 11 is 0. The zero-order valence-electron chi connectivity index (χ0n) is 12.0. The van der Waals surface area contributed by atoms with Crippen molar-refractivity contribution in [1.82, 2.24) is 4.90 Å². The average Bonchev–Trinajstić information content (AvgIpc) is 1.99. The highest BCUT2D eigenvalue weighted by Gasteiger charge is 2.38. The summed E-state index contributed by atoms with van der Waals surface area (Å²) in [6.07, 6.45) is -0.657. The molecule has 96 valence electrons. The predicted molar refractivity (Wildman–Crippen MR) is 67.4 cm³/mol. The molecule has 0 unspecified atom stereocenters. The van der Waals surface area contributed by atoms with Gasteiger partial charge in [0.2, 0.25) is 0 Å². The van der Waals surface area contributed by atoms with Crippen molar-refractivity contribution in [2.75, 3.05) is 7.05 Å². The van der Waals surface area contributed by atoms with Gasteiger partial charge in [0, 0.05) is 11.0 Å². The number of aliphatic hydroxyl groups is 1. The van der Waals surface area contributed by atoms with Crippen LogP contribution in [0.1, 0.15) is 48.5 Å². The molecule has 0 fully saturated rings. The Kier molecular flexibility index (Phi) is 4.72. The third-order valence-corrected chi connectivity index (χ3v) is 2.94. The molecule has 0 aromatic heterocycles. The van der Waals surface area contributed by atoms with Crippen LogP contribution >= 0.6 is 0 Å². The number of carbonyl (C=O) groups is 1. The minimum absolute atomic E-state index is 0.0833. The molecule has 2 atom stereocenters. The van der Waals surface area contributed by atoms with Crippen LogP contribution in [-0.4, -0.2) is 40.5 Å². The van der Waals surface area contributed by atoms with E-state index in [1.807, 2.05) is 53.5 Å². The fraction of sp³-hybridized carbons (Fsp3) is 0.923. The van der Waals surface area contributed by atoms with Crippen LogP contribution in [0.3, 0.4) is 0 Å². The third kappa shape index (κ3) is 3.87. The number of nitrogens with zero attached hydrogens (tertiary/aromatic N) is 1. The summed E-state index contributed by atoms with van der Waals surface area (Å²) < 4.78 is 0. The number of hydrogen-bond acceptors (Lipinski definition) is 3. The Hall–Kier alpha value is -0.410. The zero-order valence-corrected chi connectivity index (χ0v) is 12.0. The van der Waals surface area contributed by atoms with Gasteiger partial charge in [-0.05, 0) is 34.7 Å². The van der Waals surface area contributed by atoms with E-state index in [1.165, 1.54) is 0 Å². The lowest BCUT2D eigenvalue weighted by molar-refractivity contribution is -0.137. The van der Waals surface area contributed by atoms with Crippen LogP contribution in [0.25, 0.3) is 0 Å². The highest BCUT2D eigenvalue weighted by atomic mass is 16.3. The average molecular weight is 229 g/mol. The fourth-order valence-electron chi connectivity index (χ4n) is 1.58. The number of ketones is 1. The van der Waals surface area contributed by atoms with Crippen LogP contribution in [0.15, 0.2) is 0 Å². The largest absolute Gasteiger partial charge is 0.391 e. The van der Waals surface area contributed by atoms with Gasteiger partial charge in [0.25, 0.3) is 0 Å². The summed E-state index contributed by atoms with van der Waals surface area (Å²) in [5.41, 5.74) is -0.566. The van der Waals surface area contributed by atoms with Gasteiger partial charge in [-0.25, -0.2) is 0 Å². The number of rotatable bonds is 3. The molecule has 0 aromatic rings. The van der Waals surface area contributed by atoms with Crippen LogP contribution in [-0.2, 0) is 4.79 Å². The van der Waals surface area contributed by atoms with E-state index in [2.05, 4.69) is 0 Å². The molecule has 16 heavy (non-hydrogen) atoms. The minimum Gasteiger partial charge on any atom is -0.391 e. The topological polar surface area (TPSA) is 40.5 Å². The van der Waals surface area contributed by atoms with E-state index in [0.29, 0.717) is 0 Å². The van der Waals surface area contributed by atoms with Crippen LogP contribution in [0, 0.1) is 5.41 Å². The second-order valence-corrected chi connectivity index (χ2v) is 6.58. The molecule has 0 radical (unpaired) electrons. The number of carbonyl (C=O) groups excluding carboxylic acids is 1. The molecule has 0 saturated carbocycles. The first-order valence-corrected chi connectivity index (χ1v) is 5.84. The Balaban J connectivity index is 5.12. The normalized spacial score (nSPS) is 17.4. The van der Waals surface area contributed by atoms with Gasteiger partial charge in [-0.2, -0.15) is 0 Å². The molecule has 0 aliphatic rings. The Morgan fingerprint density at radius 2 is 1.50 bits per heavy atom. The first kappa shape index (κ1) is 15.6. The van der Waals surface area contributed by atoms with Crippen molar-refractivity contribution < 1.29 is 9.90 Å². The molecular weight excluding hydrogens is 202 g/mol. The third-order valence-electron chi connectivity index (χ3n) is 2.94. The molecule has 0 aromatic carbocycles. The van der Waals surface area contributed by atoms with Gasteiger partial charge in [0.15, 0.2) is 5.78 Å². The fourth-order valence-corrected chi connectivity index (χ4v) is 1.58. The smallest absolute Gasteiger partial charge is 0.157 e. The molecule has 0 spiro atoms. The molecule has 0 heterocycles. The molecule has 0 rings (SSSR count). The molecule has 1 N–H and O–H groups in total. The molecule has 0 amide bonds. The summed E-state index contributed by atoms with van der Waals surface area (Å²) in [5, 5.41) is 9.82. The van der Waals surface area contributed by atoms with Gasteiger partial charge >= 0.3 is 0 Å². The van der Waals surface area contributed by atoms with E-state index in [0.717, 1.165) is 0 Å². The number of aliphatic hydroxyl groups excluding tert-OH is 1. The van der Waals surface area contributed by atoms with Gasteiger partial charge in [0.1, 0.15) is 0 Å². The maximum atomic E-state index is 12.3. The highest BCUT2D eigenvalue weighted by molar-refractivity contribution is 5.89. The van der Waals surface area contributed by atoms with Gasteiger partial charge in [-0.15, -0.1) is 0 Å². The van der Waals surface area contributed by atoms with Crippen LogP contribution in [0.4, 0.5) is 0 Å². The van der Waals surface area contributed by atoms with Crippen molar-refractivity contribution in [2.24, 2.45) is 5.41 Å². The van der Waals surface area contributed by atoms with Gasteiger partial charge < -0.3 is 5.11 Å². The maximum absolute atomic E-state index is 12.3. The highest BCUT2D eigenvalue weighted by Crippen LogP contribution is 2.25. The summed E-state index contributed by atoms with van der Waals surface area (Å²) in [7, 11) is 1.89. The summed E-state index contributed by atoms with van der Waals surface area (Å²) in [6.45, 7) is 13.5. The van der Waals surface area contributed by atoms with Crippen molar-refractivity contribution in [3.8, 4) is 0 Å². The van der Waals surface area contributed by atoms with Crippen molar-refractivity contribution in [1.29, 1.82) is 0 Å². The standard InChI is InChI=1S/C13H27NO2/c1-9(15)10(11(16)12(2,3)4)14(8)13(5,6)7/h9-10,15H,1-8H3/t9-,10+/m1/s1. The van der Waals surface area contributed by atoms with E-state index >= 15 is 0 Å². The summed E-state index contributed by atoms with van der Waals surface area (Å²) in [6, 6.07) is -0.444. The van der Waals surface area contributed by atoms with Crippen molar-refractivity contribution in [2.45, 2.75) is 66.2 Å². The lowest BCUT2D eigenvalue weighted by atomic mass is 9.83. The molecule has 0 aliphatic heterocycles. The monoisotopic (exact) mass is 229 g/mol. The van der Waals surface area contributed by atoms with Crippen LogP contribution < -0.4 is 0 Å². The van der Waals surface area contributed by atoms with Crippen molar-refractivity contribution in [3.05, 3.63) is 0 Å². The van der Waals surface area contributed by atoms with E-state index in [9.17, 15) is 9.90 Å². The lowest BCUT2D eigenvalue weighted by Crippen LogP contribution is -2.56. The van der Waals surface area contributed by atoms with E-state index in [-0.39, 0.29) is 11.3 Å². The Bertz CT molecular complexity index is 246. The molecule has 3 nitrogen and oxygen atoms in total. The van der Waals surface area contributed by atoms with Gasteiger partial charge in [0.05, 0.1) is 12.1 Å². The SMILES string of the molecule is C[C@@H](O)[C@@H](C(=O)C(C)(C)C)N(C)C(C)(C)C. The number of likely N-dealkylation sites (N-methyl/N-ethyl adjacent to an activating group) is 1. The minimum atomic E-state index is -0.657.